The van der Waals surface area contributed by atoms with E-state index in [-0.39, 0.29) is 12.0 Å². The lowest BCUT2D eigenvalue weighted by Crippen LogP contribution is -2.33. The maximum Gasteiger partial charge on any atom is 0.256 e. The highest BCUT2D eigenvalue weighted by Crippen LogP contribution is 2.31. The van der Waals surface area contributed by atoms with Crippen LogP contribution in [0.1, 0.15) is 43.6 Å². The van der Waals surface area contributed by atoms with Crippen LogP contribution in [0.15, 0.2) is 59.0 Å². The SMILES string of the molecule is CC(Oc1ccc2ccccc2c1)c1nnc(C2CCN(c3ccc4nnnn4n3)CC2)o1. The molecule has 33 heavy (non-hydrogen) atoms. The van der Waals surface area contributed by atoms with E-state index in [1.807, 2.05) is 43.3 Å². The van der Waals surface area contributed by atoms with E-state index >= 15 is 0 Å². The predicted octanol–water partition coefficient (Wildman–Crippen LogP) is 3.58. The zero-order valence-electron chi connectivity index (χ0n) is 18.1. The minimum atomic E-state index is -0.334. The van der Waals surface area contributed by atoms with Crippen LogP contribution < -0.4 is 9.64 Å². The number of hydrogen-bond donors (Lipinski definition) is 0. The summed E-state index contributed by atoms with van der Waals surface area (Å²) in [6.07, 6.45) is 1.47. The zero-order chi connectivity index (χ0) is 22.2. The number of fused-ring (bicyclic) bond motifs is 2. The molecule has 5 aromatic rings. The van der Waals surface area contributed by atoms with Crippen LogP contribution in [0.4, 0.5) is 5.82 Å². The van der Waals surface area contributed by atoms with Crippen molar-refractivity contribution in [2.45, 2.75) is 31.8 Å². The molecule has 0 radical (unpaired) electrons. The summed E-state index contributed by atoms with van der Waals surface area (Å²) in [5.74, 6) is 3.01. The highest BCUT2D eigenvalue weighted by Gasteiger charge is 2.27. The Hall–Kier alpha value is -4.08. The molecule has 0 spiro atoms. The maximum atomic E-state index is 6.08. The van der Waals surface area contributed by atoms with Crippen molar-refractivity contribution in [3.05, 3.63) is 66.4 Å². The molecule has 0 aliphatic carbocycles. The molecule has 1 unspecified atom stereocenters. The van der Waals surface area contributed by atoms with Gasteiger partial charge in [-0.1, -0.05) is 30.3 Å². The fourth-order valence-electron chi connectivity index (χ4n) is 4.24. The number of tetrazole rings is 1. The minimum absolute atomic E-state index is 0.215. The smallest absolute Gasteiger partial charge is 0.256 e. The van der Waals surface area contributed by atoms with Crippen molar-refractivity contribution in [3.63, 3.8) is 0 Å². The minimum Gasteiger partial charge on any atom is -0.481 e. The number of nitrogens with zero attached hydrogens (tertiary/aromatic N) is 8. The Morgan fingerprint density at radius 1 is 0.970 bits per heavy atom. The molecule has 3 aromatic heterocycles. The van der Waals surface area contributed by atoms with Crippen LogP contribution in [-0.4, -0.2) is 48.5 Å². The van der Waals surface area contributed by atoms with Crippen LogP contribution in [0.5, 0.6) is 5.75 Å². The van der Waals surface area contributed by atoms with Crippen molar-refractivity contribution in [1.82, 2.24) is 35.5 Å². The molecule has 166 valence electrons. The van der Waals surface area contributed by atoms with Gasteiger partial charge in [0.15, 0.2) is 17.6 Å². The second-order valence-electron chi connectivity index (χ2n) is 8.23. The Labute approximate surface area is 189 Å². The van der Waals surface area contributed by atoms with Gasteiger partial charge in [0, 0.05) is 19.0 Å². The van der Waals surface area contributed by atoms with Crippen molar-refractivity contribution in [1.29, 1.82) is 0 Å². The first-order valence-corrected chi connectivity index (χ1v) is 11.0. The summed E-state index contributed by atoms with van der Waals surface area (Å²) in [5.41, 5.74) is 0.632. The van der Waals surface area contributed by atoms with Gasteiger partial charge in [-0.15, -0.1) is 25.0 Å². The quantitative estimate of drug-likeness (QED) is 0.403. The lowest BCUT2D eigenvalue weighted by molar-refractivity contribution is 0.184. The van der Waals surface area contributed by atoms with Gasteiger partial charge in [0.05, 0.1) is 0 Å². The van der Waals surface area contributed by atoms with Crippen molar-refractivity contribution in [2.24, 2.45) is 0 Å². The molecule has 0 saturated carbocycles. The Morgan fingerprint density at radius 2 is 1.82 bits per heavy atom. The van der Waals surface area contributed by atoms with Crippen LogP contribution in [0.25, 0.3) is 16.4 Å². The molecule has 6 rings (SSSR count). The van der Waals surface area contributed by atoms with Crippen LogP contribution >= 0.6 is 0 Å². The van der Waals surface area contributed by atoms with Gasteiger partial charge in [0.1, 0.15) is 5.75 Å². The van der Waals surface area contributed by atoms with Gasteiger partial charge in [-0.2, -0.15) is 0 Å². The Morgan fingerprint density at radius 3 is 2.70 bits per heavy atom. The topological polar surface area (TPSA) is 107 Å². The van der Waals surface area contributed by atoms with Gasteiger partial charge in [-0.25, -0.2) is 0 Å². The summed E-state index contributed by atoms with van der Waals surface area (Å²) in [5, 5.41) is 26.8. The highest BCUT2D eigenvalue weighted by atomic mass is 16.5. The molecule has 10 heteroatoms. The Kier molecular flexibility index (Phi) is 4.82. The molecule has 1 aliphatic heterocycles. The fraction of sp³-hybridized carbons (Fsp3) is 0.304. The first-order valence-electron chi connectivity index (χ1n) is 11.0. The van der Waals surface area contributed by atoms with Gasteiger partial charge >= 0.3 is 0 Å². The fourth-order valence-corrected chi connectivity index (χ4v) is 4.24. The molecule has 1 saturated heterocycles. The first-order chi connectivity index (χ1) is 16.2. The average Bonchev–Trinajstić information content (AvgIpc) is 3.54. The lowest BCUT2D eigenvalue weighted by Gasteiger charge is -2.31. The summed E-state index contributed by atoms with van der Waals surface area (Å²) in [4.78, 5) is 2.22. The van der Waals surface area contributed by atoms with Gasteiger partial charge in [-0.3, -0.25) is 0 Å². The van der Waals surface area contributed by atoms with Crippen LogP contribution in [0.3, 0.4) is 0 Å². The third kappa shape index (κ3) is 3.84. The lowest BCUT2D eigenvalue weighted by atomic mass is 9.97. The van der Waals surface area contributed by atoms with Crippen molar-refractivity contribution in [3.8, 4) is 5.75 Å². The summed E-state index contributed by atoms with van der Waals surface area (Å²) in [6.45, 7) is 3.61. The largest absolute Gasteiger partial charge is 0.481 e. The summed E-state index contributed by atoms with van der Waals surface area (Å²) >= 11 is 0. The van der Waals surface area contributed by atoms with Gasteiger partial charge < -0.3 is 14.1 Å². The molecule has 2 aromatic carbocycles. The summed E-state index contributed by atoms with van der Waals surface area (Å²) < 4.78 is 13.5. The van der Waals surface area contributed by atoms with E-state index in [0.29, 0.717) is 17.4 Å². The van der Waals surface area contributed by atoms with Gasteiger partial charge in [0.2, 0.25) is 5.89 Å². The molecule has 0 amide bonds. The number of benzene rings is 2. The zero-order valence-corrected chi connectivity index (χ0v) is 18.1. The van der Waals surface area contributed by atoms with E-state index in [2.05, 4.69) is 53.9 Å². The van der Waals surface area contributed by atoms with Crippen molar-refractivity contribution >= 4 is 22.2 Å². The molecule has 1 aliphatic rings. The van der Waals surface area contributed by atoms with Gasteiger partial charge in [0.25, 0.3) is 5.89 Å². The summed E-state index contributed by atoms with van der Waals surface area (Å²) in [6, 6.07) is 18.1. The Balaban J connectivity index is 1.10. The molecular weight excluding hydrogens is 420 g/mol. The standard InChI is InChI=1S/C23H22N8O2/c1-15(32-19-7-6-16-4-2-3-5-18(16)14-19)22-25-26-23(33-22)17-10-12-30(13-11-17)21-9-8-20-24-28-29-31(20)27-21/h2-9,14-15,17H,10-13H2,1H3. The van der Waals surface area contributed by atoms with E-state index in [1.54, 1.807) is 0 Å². The number of aromatic nitrogens is 7. The number of piperidine rings is 1. The molecule has 0 N–H and O–H groups in total. The van der Waals surface area contributed by atoms with Crippen LogP contribution in [0, 0.1) is 0 Å². The number of ether oxygens (including phenoxy) is 1. The second-order valence-corrected chi connectivity index (χ2v) is 8.23. The molecule has 10 nitrogen and oxygen atoms in total. The molecular formula is C23H22N8O2. The first kappa shape index (κ1) is 19.6. The van der Waals surface area contributed by atoms with E-state index < -0.39 is 0 Å². The number of anilines is 1. The highest BCUT2D eigenvalue weighted by molar-refractivity contribution is 5.83. The molecule has 4 heterocycles. The van der Waals surface area contributed by atoms with Gasteiger partial charge in [-0.05, 0) is 65.2 Å². The van der Waals surface area contributed by atoms with Crippen LogP contribution in [-0.2, 0) is 0 Å². The monoisotopic (exact) mass is 442 g/mol. The molecule has 0 bridgehead atoms. The normalized spacial score (nSPS) is 15.8. The predicted molar refractivity (Wildman–Crippen MR) is 120 cm³/mol. The van der Waals surface area contributed by atoms with E-state index in [4.69, 9.17) is 9.15 Å². The number of hydrogen-bond acceptors (Lipinski definition) is 9. The van der Waals surface area contributed by atoms with E-state index in [0.717, 1.165) is 42.9 Å². The third-order valence-corrected chi connectivity index (χ3v) is 6.06. The second kappa shape index (κ2) is 8.12. The molecule has 1 atom stereocenters. The average molecular weight is 442 g/mol. The van der Waals surface area contributed by atoms with E-state index in [9.17, 15) is 0 Å². The van der Waals surface area contributed by atoms with Crippen LogP contribution in [0.2, 0.25) is 0 Å². The van der Waals surface area contributed by atoms with Crippen molar-refractivity contribution in [2.75, 3.05) is 18.0 Å². The molecule has 1 fully saturated rings. The number of rotatable bonds is 5. The van der Waals surface area contributed by atoms with E-state index in [1.165, 1.54) is 10.0 Å². The maximum absolute atomic E-state index is 6.08. The Bertz CT molecular complexity index is 1410. The summed E-state index contributed by atoms with van der Waals surface area (Å²) in [7, 11) is 0. The van der Waals surface area contributed by atoms with Crippen molar-refractivity contribution < 1.29 is 9.15 Å². The third-order valence-electron chi connectivity index (χ3n) is 6.06.